The summed E-state index contributed by atoms with van der Waals surface area (Å²) < 4.78 is 10.7. The van der Waals surface area contributed by atoms with Gasteiger partial charge in [0.25, 0.3) is 0 Å². The van der Waals surface area contributed by atoms with Gasteiger partial charge >= 0.3 is 5.97 Å². The molecule has 1 atom stereocenters. The average molecular weight is 310 g/mol. The molecule has 0 unspecified atom stereocenters. The third kappa shape index (κ3) is 3.09. The van der Waals surface area contributed by atoms with Crippen molar-refractivity contribution in [2.24, 2.45) is 0 Å². The molecule has 0 radical (unpaired) electrons. The van der Waals surface area contributed by atoms with Gasteiger partial charge in [-0.2, -0.15) is 0 Å². The molecule has 0 aromatic heterocycles. The molecule has 3 rings (SSSR count). The van der Waals surface area contributed by atoms with Gasteiger partial charge in [-0.25, -0.2) is 0 Å². The van der Waals surface area contributed by atoms with Gasteiger partial charge in [0.15, 0.2) is 0 Å². The number of esters is 1. The van der Waals surface area contributed by atoms with Crippen molar-refractivity contribution >= 4 is 5.97 Å². The van der Waals surface area contributed by atoms with Crippen LogP contribution in [0.1, 0.15) is 49.8 Å². The number of fused-ring (bicyclic) bond motifs is 1. The van der Waals surface area contributed by atoms with Crippen LogP contribution in [0, 0.1) is 0 Å². The van der Waals surface area contributed by atoms with Gasteiger partial charge in [-0.05, 0) is 34.7 Å². The van der Waals surface area contributed by atoms with Crippen LogP contribution in [0.25, 0.3) is 0 Å². The van der Waals surface area contributed by atoms with Gasteiger partial charge in [-0.3, -0.25) is 4.79 Å². The molecule has 0 aliphatic carbocycles. The molecule has 0 spiro atoms. The summed E-state index contributed by atoms with van der Waals surface area (Å²) in [5.74, 6) is 1.34. The lowest BCUT2D eigenvalue weighted by molar-refractivity contribution is -0.135. The predicted molar refractivity (Wildman–Crippen MR) is 90.2 cm³/mol. The molecule has 0 N–H and O–H groups in total. The maximum Gasteiger partial charge on any atom is 0.312 e. The molecule has 0 bridgehead atoms. The summed E-state index contributed by atoms with van der Waals surface area (Å²) >= 11 is 0. The van der Waals surface area contributed by atoms with E-state index in [1.807, 2.05) is 36.4 Å². The topological polar surface area (TPSA) is 35.5 Å². The van der Waals surface area contributed by atoms with E-state index in [1.165, 1.54) is 5.56 Å². The van der Waals surface area contributed by atoms with Crippen LogP contribution in [0.2, 0.25) is 0 Å². The monoisotopic (exact) mass is 310 g/mol. The normalized spacial score (nSPS) is 17.4. The standard InChI is InChI=1S/C20H22O3/c1-20(2,3)14-7-10-18-17(11-14)16(12-19(21)23-18)13-5-8-15(22-4)9-6-13/h5-11,16H,12H2,1-4H3/t16-/m1/s1. The Balaban J connectivity index is 2.06. The quantitative estimate of drug-likeness (QED) is 0.608. The van der Waals surface area contributed by atoms with Gasteiger partial charge in [-0.15, -0.1) is 0 Å². The fourth-order valence-corrected chi connectivity index (χ4v) is 2.95. The van der Waals surface area contributed by atoms with Crippen molar-refractivity contribution in [3.63, 3.8) is 0 Å². The fraction of sp³-hybridized carbons (Fsp3) is 0.350. The van der Waals surface area contributed by atoms with Crippen molar-refractivity contribution < 1.29 is 14.3 Å². The van der Waals surface area contributed by atoms with Crippen molar-refractivity contribution in [1.82, 2.24) is 0 Å². The van der Waals surface area contributed by atoms with Crippen LogP contribution in [0.15, 0.2) is 42.5 Å². The zero-order valence-electron chi connectivity index (χ0n) is 14.1. The highest BCUT2D eigenvalue weighted by atomic mass is 16.5. The average Bonchev–Trinajstić information content (AvgIpc) is 2.53. The number of methoxy groups -OCH3 is 1. The van der Waals surface area contributed by atoms with E-state index in [-0.39, 0.29) is 17.3 Å². The fourth-order valence-electron chi connectivity index (χ4n) is 2.95. The molecule has 3 heteroatoms. The van der Waals surface area contributed by atoms with Gasteiger partial charge in [0.05, 0.1) is 13.5 Å². The van der Waals surface area contributed by atoms with E-state index in [2.05, 4.69) is 26.8 Å². The van der Waals surface area contributed by atoms with Crippen molar-refractivity contribution in [2.45, 2.75) is 38.5 Å². The van der Waals surface area contributed by atoms with Gasteiger partial charge in [0, 0.05) is 11.5 Å². The summed E-state index contributed by atoms with van der Waals surface area (Å²) in [6, 6.07) is 14.1. The summed E-state index contributed by atoms with van der Waals surface area (Å²) in [4.78, 5) is 12.0. The Morgan fingerprint density at radius 1 is 1.09 bits per heavy atom. The molecule has 2 aromatic rings. The first-order chi connectivity index (χ1) is 10.9. The molecule has 0 fully saturated rings. The second-order valence-corrected chi connectivity index (χ2v) is 7.01. The van der Waals surface area contributed by atoms with Crippen LogP contribution < -0.4 is 9.47 Å². The number of hydrogen-bond acceptors (Lipinski definition) is 3. The molecule has 0 amide bonds. The summed E-state index contributed by atoms with van der Waals surface area (Å²) in [5, 5.41) is 0. The van der Waals surface area contributed by atoms with Crippen LogP contribution in [0.3, 0.4) is 0 Å². The summed E-state index contributed by atoms with van der Waals surface area (Å²) in [6.07, 6.45) is 0.368. The second-order valence-electron chi connectivity index (χ2n) is 7.01. The van der Waals surface area contributed by atoms with Crippen LogP contribution >= 0.6 is 0 Å². The highest BCUT2D eigenvalue weighted by molar-refractivity contribution is 5.77. The van der Waals surface area contributed by atoms with E-state index in [1.54, 1.807) is 7.11 Å². The smallest absolute Gasteiger partial charge is 0.312 e. The van der Waals surface area contributed by atoms with Crippen molar-refractivity contribution in [2.75, 3.05) is 7.11 Å². The van der Waals surface area contributed by atoms with Crippen LogP contribution in [0.4, 0.5) is 0 Å². The number of ether oxygens (including phenoxy) is 2. The minimum Gasteiger partial charge on any atom is -0.497 e. The highest BCUT2D eigenvalue weighted by Gasteiger charge is 2.29. The Morgan fingerprint density at radius 2 is 1.78 bits per heavy atom. The lowest BCUT2D eigenvalue weighted by atomic mass is 9.81. The summed E-state index contributed by atoms with van der Waals surface area (Å²) in [6.45, 7) is 6.56. The lowest BCUT2D eigenvalue weighted by Crippen LogP contribution is -2.22. The molecule has 120 valence electrons. The number of carbonyl (C=O) groups is 1. The van der Waals surface area contributed by atoms with Gasteiger partial charge < -0.3 is 9.47 Å². The zero-order chi connectivity index (χ0) is 16.6. The number of carbonyl (C=O) groups excluding carboxylic acids is 1. The lowest BCUT2D eigenvalue weighted by Gasteiger charge is -2.28. The zero-order valence-corrected chi connectivity index (χ0v) is 14.1. The minimum absolute atomic E-state index is 0.0273. The molecule has 1 heterocycles. The van der Waals surface area contributed by atoms with Gasteiger partial charge in [0.2, 0.25) is 0 Å². The van der Waals surface area contributed by atoms with E-state index in [0.717, 1.165) is 16.9 Å². The van der Waals surface area contributed by atoms with E-state index in [0.29, 0.717) is 12.2 Å². The molecule has 3 nitrogen and oxygen atoms in total. The second kappa shape index (κ2) is 5.73. The van der Waals surface area contributed by atoms with Crippen LogP contribution in [0.5, 0.6) is 11.5 Å². The van der Waals surface area contributed by atoms with Crippen molar-refractivity contribution in [3.8, 4) is 11.5 Å². The summed E-state index contributed by atoms with van der Waals surface area (Å²) in [7, 11) is 1.65. The van der Waals surface area contributed by atoms with Crippen LogP contribution in [-0.4, -0.2) is 13.1 Å². The first kappa shape index (κ1) is 15.6. The van der Waals surface area contributed by atoms with E-state index in [4.69, 9.17) is 9.47 Å². The molecular weight excluding hydrogens is 288 g/mol. The Morgan fingerprint density at radius 3 is 2.39 bits per heavy atom. The largest absolute Gasteiger partial charge is 0.497 e. The van der Waals surface area contributed by atoms with E-state index in [9.17, 15) is 4.79 Å². The molecule has 23 heavy (non-hydrogen) atoms. The van der Waals surface area contributed by atoms with Gasteiger partial charge in [-0.1, -0.05) is 45.0 Å². The first-order valence-corrected chi connectivity index (χ1v) is 7.87. The SMILES string of the molecule is COc1ccc([C@H]2CC(=O)Oc3ccc(C(C)(C)C)cc32)cc1. The molecule has 1 aliphatic heterocycles. The molecule has 2 aromatic carbocycles. The Labute approximate surface area is 137 Å². The highest BCUT2D eigenvalue weighted by Crippen LogP contribution is 2.41. The van der Waals surface area contributed by atoms with E-state index >= 15 is 0 Å². The third-order valence-corrected chi connectivity index (χ3v) is 4.36. The number of hydrogen-bond donors (Lipinski definition) is 0. The predicted octanol–water partition coefficient (Wildman–Crippen LogP) is 4.43. The Hall–Kier alpha value is -2.29. The summed E-state index contributed by atoms with van der Waals surface area (Å²) in [5.41, 5.74) is 3.49. The maximum absolute atomic E-state index is 12.0. The van der Waals surface area contributed by atoms with Crippen molar-refractivity contribution in [3.05, 3.63) is 59.2 Å². The maximum atomic E-state index is 12.0. The number of rotatable bonds is 2. The van der Waals surface area contributed by atoms with E-state index < -0.39 is 0 Å². The first-order valence-electron chi connectivity index (χ1n) is 7.87. The Bertz CT molecular complexity index is 724. The van der Waals surface area contributed by atoms with Gasteiger partial charge in [0.1, 0.15) is 11.5 Å². The molecule has 0 saturated heterocycles. The van der Waals surface area contributed by atoms with Crippen LogP contribution in [-0.2, 0) is 10.2 Å². The number of benzene rings is 2. The molecular formula is C20H22O3. The minimum atomic E-state index is -0.179. The third-order valence-electron chi connectivity index (χ3n) is 4.36. The Kier molecular flexibility index (Phi) is 3.88. The molecule has 0 saturated carbocycles. The van der Waals surface area contributed by atoms with Crippen molar-refractivity contribution in [1.29, 1.82) is 0 Å². The molecule has 1 aliphatic rings.